The van der Waals surface area contributed by atoms with E-state index in [4.69, 9.17) is 14.9 Å². The fourth-order valence-electron chi connectivity index (χ4n) is 1.24. The van der Waals surface area contributed by atoms with Crippen LogP contribution in [-0.2, 0) is 4.74 Å². The van der Waals surface area contributed by atoms with E-state index < -0.39 is 12.1 Å². The molecule has 18 heavy (non-hydrogen) atoms. The number of rotatable bonds is 6. The molecule has 1 heterocycles. The maximum atomic E-state index is 11.5. The normalized spacial score (nSPS) is 12.0. The van der Waals surface area contributed by atoms with Gasteiger partial charge in [-0.3, -0.25) is 0 Å². The predicted molar refractivity (Wildman–Crippen MR) is 64.3 cm³/mol. The van der Waals surface area contributed by atoms with E-state index in [9.17, 15) is 4.79 Å². The Bertz CT molecular complexity index is 411. The summed E-state index contributed by atoms with van der Waals surface area (Å²) >= 11 is 0. The molecule has 0 fully saturated rings. The molecule has 0 radical (unpaired) electrons. The van der Waals surface area contributed by atoms with Gasteiger partial charge in [0.25, 0.3) is 0 Å². The van der Waals surface area contributed by atoms with Crippen LogP contribution in [0.2, 0.25) is 0 Å². The number of ether oxygens (including phenoxy) is 1. The van der Waals surface area contributed by atoms with E-state index in [0.717, 1.165) is 0 Å². The lowest BCUT2D eigenvalue weighted by molar-refractivity contribution is 0.0524. The molecule has 0 saturated heterocycles. The van der Waals surface area contributed by atoms with Crippen molar-refractivity contribution in [3.8, 4) is 0 Å². The minimum absolute atomic E-state index is 0.134. The molecule has 7 heteroatoms. The summed E-state index contributed by atoms with van der Waals surface area (Å²) in [6.07, 6.45) is 0.493. The summed E-state index contributed by atoms with van der Waals surface area (Å²) in [4.78, 5) is 19.5. The first-order valence-corrected chi connectivity index (χ1v) is 5.62. The Labute approximate surface area is 105 Å². The minimum Gasteiger partial charge on any atom is -0.462 e. The monoisotopic (exact) mass is 255 g/mol. The second-order valence-corrected chi connectivity index (χ2v) is 3.63. The van der Waals surface area contributed by atoms with Crippen molar-refractivity contribution >= 4 is 11.9 Å². The molecule has 1 aromatic heterocycles. The van der Waals surface area contributed by atoms with Gasteiger partial charge in [0.1, 0.15) is 0 Å². The Balaban J connectivity index is 2.70. The lowest BCUT2D eigenvalue weighted by Gasteiger charge is -2.10. The van der Waals surface area contributed by atoms with E-state index in [0.29, 0.717) is 17.9 Å². The molecule has 0 amide bonds. The summed E-state index contributed by atoms with van der Waals surface area (Å²) < 4.78 is 4.85. The third-order valence-electron chi connectivity index (χ3n) is 2.18. The molecule has 0 spiro atoms. The van der Waals surface area contributed by atoms with Crippen molar-refractivity contribution in [1.82, 2.24) is 9.97 Å². The predicted octanol–water partition coefficient (Wildman–Crippen LogP) is -0.273. The van der Waals surface area contributed by atoms with E-state index >= 15 is 0 Å². The standard InChI is InChI=1S/C11H17N3O4/c1-3-18-10(17)9-5-13-11(14-7(9)2)12-4-8(16)6-15/h5,8,15-16H,3-4,6H2,1-2H3,(H,12,13,14). The van der Waals surface area contributed by atoms with Gasteiger partial charge in [0.2, 0.25) is 5.95 Å². The van der Waals surface area contributed by atoms with Gasteiger partial charge in [-0.05, 0) is 13.8 Å². The van der Waals surface area contributed by atoms with Crippen LogP contribution in [0.15, 0.2) is 6.20 Å². The van der Waals surface area contributed by atoms with Crippen molar-refractivity contribution in [1.29, 1.82) is 0 Å². The van der Waals surface area contributed by atoms with Gasteiger partial charge in [-0.2, -0.15) is 0 Å². The lowest BCUT2D eigenvalue weighted by Crippen LogP contribution is -2.24. The maximum Gasteiger partial charge on any atom is 0.341 e. The van der Waals surface area contributed by atoms with Crippen LogP contribution in [0, 0.1) is 6.92 Å². The van der Waals surface area contributed by atoms with Gasteiger partial charge in [-0.25, -0.2) is 14.8 Å². The number of nitrogens with zero attached hydrogens (tertiary/aromatic N) is 2. The van der Waals surface area contributed by atoms with Crippen molar-refractivity contribution in [2.45, 2.75) is 20.0 Å². The molecule has 3 N–H and O–H groups in total. The number of aliphatic hydroxyl groups is 2. The van der Waals surface area contributed by atoms with Crippen LogP contribution in [0.25, 0.3) is 0 Å². The minimum atomic E-state index is -0.876. The number of aryl methyl sites for hydroxylation is 1. The second-order valence-electron chi connectivity index (χ2n) is 3.63. The highest BCUT2D eigenvalue weighted by molar-refractivity contribution is 5.90. The Morgan fingerprint density at radius 1 is 1.61 bits per heavy atom. The molecule has 7 nitrogen and oxygen atoms in total. The highest BCUT2D eigenvalue weighted by Crippen LogP contribution is 2.08. The molecule has 0 aliphatic heterocycles. The highest BCUT2D eigenvalue weighted by Gasteiger charge is 2.12. The first-order chi connectivity index (χ1) is 8.58. The topological polar surface area (TPSA) is 105 Å². The summed E-state index contributed by atoms with van der Waals surface area (Å²) in [7, 11) is 0. The van der Waals surface area contributed by atoms with Crippen molar-refractivity contribution in [2.75, 3.05) is 25.1 Å². The van der Waals surface area contributed by atoms with E-state index in [1.807, 2.05) is 0 Å². The SMILES string of the molecule is CCOC(=O)c1cnc(NCC(O)CO)nc1C. The summed E-state index contributed by atoms with van der Waals surface area (Å²) in [5.74, 6) is -0.176. The van der Waals surface area contributed by atoms with E-state index in [1.165, 1.54) is 6.20 Å². The van der Waals surface area contributed by atoms with Gasteiger partial charge in [0, 0.05) is 12.7 Å². The van der Waals surface area contributed by atoms with Crippen LogP contribution in [0.1, 0.15) is 23.0 Å². The third kappa shape index (κ3) is 3.94. The molecular formula is C11H17N3O4. The summed E-state index contributed by atoms with van der Waals surface area (Å²) in [6, 6.07) is 0. The number of anilines is 1. The van der Waals surface area contributed by atoms with Gasteiger partial charge < -0.3 is 20.3 Å². The number of aromatic nitrogens is 2. The van der Waals surface area contributed by atoms with Crippen molar-refractivity contribution in [3.63, 3.8) is 0 Å². The number of esters is 1. The van der Waals surface area contributed by atoms with Crippen LogP contribution >= 0.6 is 0 Å². The molecule has 0 aliphatic carbocycles. The molecule has 1 rings (SSSR count). The van der Waals surface area contributed by atoms with Gasteiger partial charge in [0.15, 0.2) is 0 Å². The van der Waals surface area contributed by atoms with E-state index in [-0.39, 0.29) is 19.1 Å². The molecule has 0 saturated carbocycles. The van der Waals surface area contributed by atoms with E-state index in [2.05, 4.69) is 15.3 Å². The zero-order valence-corrected chi connectivity index (χ0v) is 10.4. The van der Waals surface area contributed by atoms with Crippen LogP contribution in [0.4, 0.5) is 5.95 Å². The Morgan fingerprint density at radius 2 is 2.33 bits per heavy atom. The van der Waals surface area contributed by atoms with Crippen molar-refractivity contribution in [3.05, 3.63) is 17.5 Å². The molecule has 0 aliphatic rings. The summed E-state index contributed by atoms with van der Waals surface area (Å²) in [5, 5.41) is 20.6. The number of aliphatic hydroxyl groups excluding tert-OH is 2. The smallest absolute Gasteiger partial charge is 0.341 e. The summed E-state index contributed by atoms with van der Waals surface area (Å²) in [5.41, 5.74) is 0.801. The zero-order valence-electron chi connectivity index (χ0n) is 10.4. The fraction of sp³-hybridized carbons (Fsp3) is 0.545. The van der Waals surface area contributed by atoms with Crippen LogP contribution < -0.4 is 5.32 Å². The third-order valence-corrected chi connectivity index (χ3v) is 2.18. The highest BCUT2D eigenvalue weighted by atomic mass is 16.5. The van der Waals surface area contributed by atoms with Gasteiger partial charge in [-0.1, -0.05) is 0 Å². The largest absolute Gasteiger partial charge is 0.462 e. The molecule has 0 aromatic carbocycles. The van der Waals surface area contributed by atoms with Gasteiger partial charge in [0.05, 0.1) is 30.6 Å². The van der Waals surface area contributed by atoms with Gasteiger partial charge >= 0.3 is 5.97 Å². The Kier molecular flexibility index (Phi) is 5.47. The molecule has 1 atom stereocenters. The van der Waals surface area contributed by atoms with Crippen LogP contribution in [0.3, 0.4) is 0 Å². The number of carbonyl (C=O) groups excluding carboxylic acids is 1. The maximum absolute atomic E-state index is 11.5. The number of hydrogen-bond acceptors (Lipinski definition) is 7. The molecule has 100 valence electrons. The molecule has 0 bridgehead atoms. The van der Waals surface area contributed by atoms with Gasteiger partial charge in [-0.15, -0.1) is 0 Å². The molecular weight excluding hydrogens is 238 g/mol. The van der Waals surface area contributed by atoms with Crippen molar-refractivity contribution < 1.29 is 19.7 Å². The molecule has 1 unspecified atom stereocenters. The number of hydrogen-bond donors (Lipinski definition) is 3. The Hall–Kier alpha value is -1.73. The molecule has 1 aromatic rings. The summed E-state index contributed by atoms with van der Waals surface area (Å²) in [6.45, 7) is 3.48. The Morgan fingerprint density at radius 3 is 2.89 bits per heavy atom. The average molecular weight is 255 g/mol. The van der Waals surface area contributed by atoms with E-state index in [1.54, 1.807) is 13.8 Å². The first kappa shape index (κ1) is 14.3. The van der Waals surface area contributed by atoms with Crippen LogP contribution in [0.5, 0.6) is 0 Å². The first-order valence-electron chi connectivity index (χ1n) is 5.62. The van der Waals surface area contributed by atoms with Crippen LogP contribution in [-0.4, -0.2) is 52.0 Å². The quantitative estimate of drug-likeness (QED) is 0.601. The second kappa shape index (κ2) is 6.87. The zero-order chi connectivity index (χ0) is 13.5. The lowest BCUT2D eigenvalue weighted by atomic mass is 10.2. The number of carbonyl (C=O) groups is 1. The van der Waals surface area contributed by atoms with Crippen molar-refractivity contribution in [2.24, 2.45) is 0 Å². The number of nitrogens with one attached hydrogen (secondary N) is 1. The fourth-order valence-corrected chi connectivity index (χ4v) is 1.24. The average Bonchev–Trinajstić information content (AvgIpc) is 2.36.